The summed E-state index contributed by atoms with van der Waals surface area (Å²) in [5.74, 6) is -0.458. The van der Waals surface area contributed by atoms with Crippen LogP contribution in [0.3, 0.4) is 0 Å². The molecule has 0 aromatic rings. The second kappa shape index (κ2) is 45.0. The molecule has 0 bridgehead atoms. The standard InChI is InChI=1S/C50H99NO5/c1-4-7-10-13-16-19-21-22-23-24-25-26-28-31-33-36-39-42-48(53)47(45-52)51-49(54)44-46(41-38-35-32-30-27-20-17-14-11-8-5-2)56-50(55)43-40-37-34-29-18-15-12-9-6-3/h46-48,52-53H,4-45H2,1-3H3,(H,51,54). The number of esters is 1. The van der Waals surface area contributed by atoms with Gasteiger partial charge >= 0.3 is 5.97 Å². The van der Waals surface area contributed by atoms with Crippen LogP contribution < -0.4 is 5.32 Å². The number of amides is 1. The number of rotatable bonds is 46. The van der Waals surface area contributed by atoms with Gasteiger partial charge < -0.3 is 20.3 Å². The maximum atomic E-state index is 13.1. The van der Waals surface area contributed by atoms with Crippen molar-refractivity contribution in [2.45, 2.75) is 302 Å². The van der Waals surface area contributed by atoms with Crippen LogP contribution in [0.5, 0.6) is 0 Å². The SMILES string of the molecule is CCCCCCCCCCCCCCCCCCCC(O)C(CO)NC(=O)CC(CCCCCCCCCCCCC)OC(=O)CCCCCCCCCCC. The Morgan fingerprint density at radius 2 is 0.750 bits per heavy atom. The van der Waals surface area contributed by atoms with Gasteiger partial charge in [-0.1, -0.05) is 245 Å². The van der Waals surface area contributed by atoms with Gasteiger partial charge in [-0.05, 0) is 25.7 Å². The number of unbranched alkanes of at least 4 members (excludes halogenated alkanes) is 34. The number of carbonyl (C=O) groups excluding carboxylic acids is 2. The zero-order valence-corrected chi connectivity index (χ0v) is 38.0. The van der Waals surface area contributed by atoms with E-state index < -0.39 is 18.2 Å². The molecule has 0 saturated carbocycles. The molecule has 0 aliphatic carbocycles. The molecule has 3 N–H and O–H groups in total. The molecule has 0 aromatic carbocycles. The minimum Gasteiger partial charge on any atom is -0.462 e. The molecule has 0 spiro atoms. The zero-order chi connectivity index (χ0) is 41.0. The van der Waals surface area contributed by atoms with Crippen molar-refractivity contribution < 1.29 is 24.5 Å². The molecule has 6 heteroatoms. The van der Waals surface area contributed by atoms with Crippen LogP contribution in [-0.4, -0.2) is 46.9 Å². The van der Waals surface area contributed by atoms with E-state index in [2.05, 4.69) is 26.1 Å². The van der Waals surface area contributed by atoms with E-state index in [9.17, 15) is 19.8 Å². The van der Waals surface area contributed by atoms with Crippen LogP contribution in [0.2, 0.25) is 0 Å². The van der Waals surface area contributed by atoms with Crippen molar-refractivity contribution in [2.75, 3.05) is 6.61 Å². The summed E-state index contributed by atoms with van der Waals surface area (Å²) >= 11 is 0. The Hall–Kier alpha value is -1.14. The first-order valence-electron chi connectivity index (χ1n) is 25.3. The van der Waals surface area contributed by atoms with Crippen LogP contribution >= 0.6 is 0 Å². The number of ether oxygens (including phenoxy) is 1. The number of nitrogens with one attached hydrogen (secondary N) is 1. The van der Waals surface area contributed by atoms with Crippen molar-refractivity contribution in [3.63, 3.8) is 0 Å². The number of carbonyl (C=O) groups is 2. The monoisotopic (exact) mass is 794 g/mol. The fourth-order valence-corrected chi connectivity index (χ4v) is 8.08. The third-order valence-corrected chi connectivity index (χ3v) is 11.9. The summed E-state index contributed by atoms with van der Waals surface area (Å²) in [6.07, 6.45) is 47.4. The smallest absolute Gasteiger partial charge is 0.306 e. The van der Waals surface area contributed by atoms with Crippen molar-refractivity contribution in [3.05, 3.63) is 0 Å². The highest BCUT2D eigenvalue weighted by Crippen LogP contribution is 2.19. The van der Waals surface area contributed by atoms with Crippen molar-refractivity contribution >= 4 is 11.9 Å². The van der Waals surface area contributed by atoms with E-state index >= 15 is 0 Å². The molecule has 1 amide bonds. The largest absolute Gasteiger partial charge is 0.462 e. The number of aliphatic hydroxyl groups excluding tert-OH is 2. The molecule has 56 heavy (non-hydrogen) atoms. The van der Waals surface area contributed by atoms with E-state index in [-0.39, 0.29) is 24.9 Å². The molecule has 3 unspecified atom stereocenters. The van der Waals surface area contributed by atoms with E-state index in [1.165, 1.54) is 193 Å². The van der Waals surface area contributed by atoms with E-state index in [1.54, 1.807) is 0 Å². The minimum atomic E-state index is -0.778. The first kappa shape index (κ1) is 54.9. The highest BCUT2D eigenvalue weighted by Gasteiger charge is 2.24. The van der Waals surface area contributed by atoms with Crippen molar-refractivity contribution in [3.8, 4) is 0 Å². The van der Waals surface area contributed by atoms with Gasteiger partial charge in [-0.2, -0.15) is 0 Å². The Balaban J connectivity index is 4.39. The van der Waals surface area contributed by atoms with E-state index in [0.29, 0.717) is 19.3 Å². The summed E-state index contributed by atoms with van der Waals surface area (Å²) in [4.78, 5) is 26.0. The Bertz CT molecular complexity index is 806. The van der Waals surface area contributed by atoms with Gasteiger partial charge in [0.15, 0.2) is 0 Å². The van der Waals surface area contributed by atoms with Crippen LogP contribution in [0.15, 0.2) is 0 Å². The molecule has 0 aliphatic heterocycles. The molecule has 0 heterocycles. The predicted molar refractivity (Wildman–Crippen MR) is 241 cm³/mol. The van der Waals surface area contributed by atoms with Crippen LogP contribution in [0, 0.1) is 0 Å². The summed E-state index contributed by atoms with van der Waals surface area (Å²) < 4.78 is 5.90. The Labute approximate surface area is 349 Å². The van der Waals surface area contributed by atoms with Gasteiger partial charge in [0, 0.05) is 6.42 Å². The van der Waals surface area contributed by atoms with Gasteiger partial charge in [0.25, 0.3) is 0 Å². The Morgan fingerprint density at radius 3 is 1.09 bits per heavy atom. The second-order valence-corrected chi connectivity index (χ2v) is 17.6. The zero-order valence-electron chi connectivity index (χ0n) is 38.0. The van der Waals surface area contributed by atoms with Crippen molar-refractivity contribution in [1.82, 2.24) is 5.32 Å². The summed E-state index contributed by atoms with van der Waals surface area (Å²) in [6.45, 7) is 6.49. The quantitative estimate of drug-likeness (QED) is 0.0421. The molecule has 0 aromatic heterocycles. The van der Waals surface area contributed by atoms with E-state index in [4.69, 9.17) is 4.74 Å². The summed E-state index contributed by atoms with van der Waals surface area (Å²) in [5, 5.41) is 23.7. The third kappa shape index (κ3) is 39.7. The second-order valence-electron chi connectivity index (χ2n) is 17.6. The molecule has 0 saturated heterocycles. The first-order valence-corrected chi connectivity index (χ1v) is 25.3. The van der Waals surface area contributed by atoms with Crippen LogP contribution in [0.4, 0.5) is 0 Å². The molecule has 6 nitrogen and oxygen atoms in total. The molecule has 3 atom stereocenters. The lowest BCUT2D eigenvalue weighted by Crippen LogP contribution is -2.46. The van der Waals surface area contributed by atoms with Gasteiger partial charge in [0.1, 0.15) is 6.10 Å². The topological polar surface area (TPSA) is 95.9 Å². The fourth-order valence-electron chi connectivity index (χ4n) is 8.08. The molecule has 0 aliphatic rings. The van der Waals surface area contributed by atoms with Gasteiger partial charge in [-0.15, -0.1) is 0 Å². The van der Waals surface area contributed by atoms with Gasteiger partial charge in [0.05, 0.1) is 25.2 Å². The molecular weight excluding hydrogens is 695 g/mol. The molecule has 334 valence electrons. The van der Waals surface area contributed by atoms with Crippen molar-refractivity contribution in [1.29, 1.82) is 0 Å². The molecule has 0 fully saturated rings. The maximum Gasteiger partial charge on any atom is 0.306 e. The number of aliphatic hydroxyl groups is 2. The maximum absolute atomic E-state index is 13.1. The van der Waals surface area contributed by atoms with E-state index in [0.717, 1.165) is 44.9 Å². The molecule has 0 radical (unpaired) electrons. The van der Waals surface area contributed by atoms with Gasteiger partial charge in [0.2, 0.25) is 5.91 Å². The van der Waals surface area contributed by atoms with Gasteiger partial charge in [-0.25, -0.2) is 0 Å². The summed E-state index contributed by atoms with van der Waals surface area (Å²) in [5.41, 5.74) is 0. The molecule has 0 rings (SSSR count). The summed E-state index contributed by atoms with van der Waals surface area (Å²) in [7, 11) is 0. The summed E-state index contributed by atoms with van der Waals surface area (Å²) in [6, 6.07) is -0.691. The number of hydrogen-bond acceptors (Lipinski definition) is 5. The average molecular weight is 794 g/mol. The first-order chi connectivity index (χ1) is 27.5. The van der Waals surface area contributed by atoms with Crippen molar-refractivity contribution in [2.24, 2.45) is 0 Å². The third-order valence-electron chi connectivity index (χ3n) is 11.9. The highest BCUT2D eigenvalue weighted by molar-refractivity contribution is 5.77. The predicted octanol–water partition coefficient (Wildman–Crippen LogP) is 14.8. The lowest BCUT2D eigenvalue weighted by molar-refractivity contribution is -0.151. The average Bonchev–Trinajstić information content (AvgIpc) is 3.19. The number of hydrogen-bond donors (Lipinski definition) is 3. The highest BCUT2D eigenvalue weighted by atomic mass is 16.5. The van der Waals surface area contributed by atoms with Gasteiger partial charge in [-0.3, -0.25) is 9.59 Å². The Kier molecular flexibility index (Phi) is 44.0. The Morgan fingerprint density at radius 1 is 0.446 bits per heavy atom. The minimum absolute atomic E-state index is 0.0869. The van der Waals surface area contributed by atoms with Crippen LogP contribution in [0.25, 0.3) is 0 Å². The lowest BCUT2D eigenvalue weighted by atomic mass is 10.0. The van der Waals surface area contributed by atoms with Crippen LogP contribution in [-0.2, 0) is 14.3 Å². The van der Waals surface area contributed by atoms with E-state index in [1.807, 2.05) is 0 Å². The van der Waals surface area contributed by atoms with Crippen LogP contribution in [0.1, 0.15) is 284 Å². The lowest BCUT2D eigenvalue weighted by Gasteiger charge is -2.24. The molecular formula is C50H99NO5. The fraction of sp³-hybridized carbons (Fsp3) is 0.960. The normalized spacial score (nSPS) is 13.2.